The maximum absolute atomic E-state index is 12.3. The van der Waals surface area contributed by atoms with Crippen LogP contribution in [0.4, 0.5) is 0 Å². The van der Waals surface area contributed by atoms with Gasteiger partial charge in [0.25, 0.3) is 0 Å². The van der Waals surface area contributed by atoms with Gasteiger partial charge in [-0.3, -0.25) is 9.59 Å². The molecule has 0 bridgehead atoms. The van der Waals surface area contributed by atoms with E-state index in [9.17, 15) is 9.59 Å². The van der Waals surface area contributed by atoms with Crippen LogP contribution in [0.2, 0.25) is 0 Å². The van der Waals surface area contributed by atoms with Crippen molar-refractivity contribution in [1.82, 2.24) is 0 Å². The fourth-order valence-corrected chi connectivity index (χ4v) is 3.33. The number of ketones is 2. The molecule has 0 amide bonds. The minimum Gasteiger partial charge on any atom is -0.300 e. The van der Waals surface area contributed by atoms with E-state index in [-0.39, 0.29) is 11.6 Å². The fraction of sp³-hybridized carbons (Fsp3) is 0.680. The van der Waals surface area contributed by atoms with Crippen molar-refractivity contribution in [3.8, 4) is 0 Å². The number of hydrogen-bond donors (Lipinski definition) is 0. The number of benzene rings is 1. The van der Waals surface area contributed by atoms with Crippen LogP contribution in [0.1, 0.15) is 114 Å². The zero-order chi connectivity index (χ0) is 19.9. The number of aryl methyl sites for hydroxylation is 1. The molecule has 0 N–H and O–H groups in total. The van der Waals surface area contributed by atoms with Crippen LogP contribution in [0.15, 0.2) is 24.3 Å². The highest BCUT2D eigenvalue weighted by Crippen LogP contribution is 2.15. The molecule has 1 rings (SSSR count). The third-order valence-corrected chi connectivity index (χ3v) is 5.58. The zero-order valence-electron chi connectivity index (χ0n) is 17.9. The molecule has 0 spiro atoms. The van der Waals surface area contributed by atoms with Crippen molar-refractivity contribution in [2.24, 2.45) is 5.92 Å². The van der Waals surface area contributed by atoms with E-state index < -0.39 is 0 Å². The van der Waals surface area contributed by atoms with Crippen molar-refractivity contribution >= 4 is 11.6 Å². The maximum atomic E-state index is 12.3. The summed E-state index contributed by atoms with van der Waals surface area (Å²) >= 11 is 0. The molecule has 0 aliphatic carbocycles. The van der Waals surface area contributed by atoms with Crippen LogP contribution < -0.4 is 0 Å². The van der Waals surface area contributed by atoms with Crippen molar-refractivity contribution in [3.63, 3.8) is 0 Å². The van der Waals surface area contributed by atoms with Crippen LogP contribution in [-0.4, -0.2) is 11.6 Å². The highest BCUT2D eigenvalue weighted by atomic mass is 16.1. The van der Waals surface area contributed by atoms with Gasteiger partial charge in [-0.05, 0) is 30.7 Å². The zero-order valence-corrected chi connectivity index (χ0v) is 17.9. The van der Waals surface area contributed by atoms with E-state index in [0.717, 1.165) is 30.7 Å². The van der Waals surface area contributed by atoms with Crippen LogP contribution in [0.5, 0.6) is 0 Å². The van der Waals surface area contributed by atoms with Crippen LogP contribution in [-0.2, 0) is 11.2 Å². The third kappa shape index (κ3) is 11.1. The third-order valence-electron chi connectivity index (χ3n) is 5.58. The molecular weight excluding hydrogens is 332 g/mol. The van der Waals surface area contributed by atoms with Gasteiger partial charge in [-0.2, -0.15) is 0 Å². The first-order chi connectivity index (χ1) is 13.1. The first-order valence-electron chi connectivity index (χ1n) is 11.2. The van der Waals surface area contributed by atoms with Gasteiger partial charge < -0.3 is 0 Å². The SMILES string of the molecule is CCCCCCCc1ccc(C(=O)CCC(=O)CCCC[C@@H](C)CC)cc1. The minimum absolute atomic E-state index is 0.0949. The molecule has 0 saturated heterocycles. The van der Waals surface area contributed by atoms with Gasteiger partial charge in [0.15, 0.2) is 5.78 Å². The molecule has 0 aliphatic heterocycles. The second-order valence-corrected chi connectivity index (χ2v) is 8.08. The van der Waals surface area contributed by atoms with E-state index in [4.69, 9.17) is 0 Å². The lowest BCUT2D eigenvalue weighted by Crippen LogP contribution is -2.05. The lowest BCUT2D eigenvalue weighted by Gasteiger charge is -2.07. The second-order valence-electron chi connectivity index (χ2n) is 8.08. The topological polar surface area (TPSA) is 34.1 Å². The van der Waals surface area contributed by atoms with E-state index in [0.29, 0.717) is 19.3 Å². The molecule has 0 aliphatic rings. The number of carbonyl (C=O) groups excluding carboxylic acids is 2. The Morgan fingerprint density at radius 2 is 1.52 bits per heavy atom. The largest absolute Gasteiger partial charge is 0.300 e. The summed E-state index contributed by atoms with van der Waals surface area (Å²) in [6.07, 6.45) is 13.4. The first-order valence-corrected chi connectivity index (χ1v) is 11.2. The van der Waals surface area contributed by atoms with Crippen LogP contribution in [0, 0.1) is 5.92 Å². The average molecular weight is 373 g/mol. The molecule has 152 valence electrons. The molecule has 0 heterocycles. The molecule has 1 atom stereocenters. The monoisotopic (exact) mass is 372 g/mol. The van der Waals surface area contributed by atoms with E-state index in [1.807, 2.05) is 12.1 Å². The van der Waals surface area contributed by atoms with Crippen molar-refractivity contribution in [2.45, 2.75) is 104 Å². The Kier molecular flexibility index (Phi) is 12.8. The number of Topliss-reactive ketones (excluding diaryl/α,β-unsaturated/α-hetero) is 2. The summed E-state index contributed by atoms with van der Waals surface area (Å²) in [5, 5.41) is 0. The van der Waals surface area contributed by atoms with E-state index in [2.05, 4.69) is 32.9 Å². The predicted molar refractivity (Wildman–Crippen MR) is 115 cm³/mol. The molecule has 0 aromatic heterocycles. The first kappa shape index (κ1) is 23.6. The molecule has 27 heavy (non-hydrogen) atoms. The predicted octanol–water partition coefficient (Wildman–Crippen LogP) is 7.34. The fourth-order valence-electron chi connectivity index (χ4n) is 3.33. The smallest absolute Gasteiger partial charge is 0.163 e. The van der Waals surface area contributed by atoms with Gasteiger partial charge in [-0.25, -0.2) is 0 Å². The number of hydrogen-bond acceptors (Lipinski definition) is 2. The van der Waals surface area contributed by atoms with Crippen molar-refractivity contribution in [3.05, 3.63) is 35.4 Å². The molecule has 1 aromatic carbocycles. The molecule has 2 nitrogen and oxygen atoms in total. The van der Waals surface area contributed by atoms with Gasteiger partial charge in [0, 0.05) is 24.8 Å². The number of rotatable bonds is 16. The van der Waals surface area contributed by atoms with Gasteiger partial charge in [-0.1, -0.05) is 90.0 Å². The molecule has 1 aromatic rings. The summed E-state index contributed by atoms with van der Waals surface area (Å²) in [6, 6.07) is 8.01. The second kappa shape index (κ2) is 14.6. The minimum atomic E-state index is 0.0949. The lowest BCUT2D eigenvalue weighted by molar-refractivity contribution is -0.119. The van der Waals surface area contributed by atoms with Crippen molar-refractivity contribution < 1.29 is 9.59 Å². The normalized spacial score (nSPS) is 12.1. The number of carbonyl (C=O) groups is 2. The average Bonchev–Trinajstić information content (AvgIpc) is 2.69. The Hall–Kier alpha value is -1.44. The van der Waals surface area contributed by atoms with Gasteiger partial charge in [-0.15, -0.1) is 0 Å². The lowest BCUT2D eigenvalue weighted by atomic mass is 9.98. The Bertz CT molecular complexity index is 530. The summed E-state index contributed by atoms with van der Waals surface area (Å²) in [6.45, 7) is 6.71. The van der Waals surface area contributed by atoms with Gasteiger partial charge in [0.2, 0.25) is 0 Å². The Balaban J connectivity index is 2.23. The van der Waals surface area contributed by atoms with Crippen LogP contribution in [0.3, 0.4) is 0 Å². The summed E-state index contributed by atoms with van der Waals surface area (Å²) in [5.41, 5.74) is 2.05. The van der Waals surface area contributed by atoms with Crippen LogP contribution >= 0.6 is 0 Å². The van der Waals surface area contributed by atoms with Gasteiger partial charge in [0.1, 0.15) is 5.78 Å². The van der Waals surface area contributed by atoms with Gasteiger partial charge in [0.05, 0.1) is 0 Å². The Morgan fingerprint density at radius 3 is 2.19 bits per heavy atom. The molecular formula is C25H40O2. The molecule has 0 saturated carbocycles. The number of unbranched alkanes of at least 4 members (excludes halogenated alkanes) is 5. The highest BCUT2D eigenvalue weighted by molar-refractivity contribution is 5.98. The Labute approximate surface area is 167 Å². The highest BCUT2D eigenvalue weighted by Gasteiger charge is 2.10. The van der Waals surface area contributed by atoms with E-state index in [1.165, 1.54) is 50.5 Å². The van der Waals surface area contributed by atoms with Crippen molar-refractivity contribution in [1.29, 1.82) is 0 Å². The van der Waals surface area contributed by atoms with Gasteiger partial charge >= 0.3 is 0 Å². The summed E-state index contributed by atoms with van der Waals surface area (Å²) in [7, 11) is 0. The maximum Gasteiger partial charge on any atom is 0.163 e. The summed E-state index contributed by atoms with van der Waals surface area (Å²) in [4.78, 5) is 24.3. The summed E-state index contributed by atoms with van der Waals surface area (Å²) < 4.78 is 0. The van der Waals surface area contributed by atoms with E-state index in [1.54, 1.807) is 0 Å². The molecule has 0 fully saturated rings. The molecule has 2 heteroatoms. The molecule has 0 unspecified atom stereocenters. The van der Waals surface area contributed by atoms with Crippen LogP contribution in [0.25, 0.3) is 0 Å². The molecule has 0 radical (unpaired) electrons. The standard InChI is InChI=1S/C25H40O2/c1-4-6-7-8-9-13-22-15-17-23(18-16-22)25(27)20-19-24(26)14-11-10-12-21(3)5-2/h15-18,21H,4-14,19-20H2,1-3H3/t21-/m0/s1. The van der Waals surface area contributed by atoms with Crippen molar-refractivity contribution in [2.75, 3.05) is 0 Å². The Morgan fingerprint density at radius 1 is 0.815 bits per heavy atom. The quantitative estimate of drug-likeness (QED) is 0.225. The summed E-state index contributed by atoms with van der Waals surface area (Å²) in [5.74, 6) is 1.08. The van der Waals surface area contributed by atoms with E-state index >= 15 is 0 Å².